The van der Waals surface area contributed by atoms with Crippen LogP contribution in [0.15, 0.2) is 64.6 Å². The molecule has 0 amide bonds. The van der Waals surface area contributed by atoms with E-state index in [1.165, 1.54) is 12.1 Å². The summed E-state index contributed by atoms with van der Waals surface area (Å²) in [5.74, 6) is 0.361. The number of sulfone groups is 1. The minimum Gasteiger partial charge on any atom is -0.396 e. The van der Waals surface area contributed by atoms with Gasteiger partial charge < -0.3 is 5.11 Å². The number of hydrazone groups is 1. The van der Waals surface area contributed by atoms with Crippen molar-refractivity contribution in [2.45, 2.75) is 42.4 Å². The molecule has 1 aliphatic rings. The molecule has 3 rings (SSSR count). The van der Waals surface area contributed by atoms with E-state index in [2.05, 4.69) is 16.1 Å². The number of nitrogens with one attached hydrogen (secondary N) is 2. The van der Waals surface area contributed by atoms with Crippen molar-refractivity contribution in [3.8, 4) is 0 Å². The van der Waals surface area contributed by atoms with Crippen LogP contribution in [0.5, 0.6) is 0 Å². The summed E-state index contributed by atoms with van der Waals surface area (Å²) in [6.45, 7) is 0.617. The zero-order valence-corrected chi connectivity index (χ0v) is 17.5. The van der Waals surface area contributed by atoms with Crippen molar-refractivity contribution >= 4 is 27.3 Å². The molecule has 0 spiro atoms. The van der Waals surface area contributed by atoms with Crippen LogP contribution in [0, 0.1) is 0 Å². The van der Waals surface area contributed by atoms with Crippen LogP contribution in [0.1, 0.15) is 31.2 Å². The molecule has 1 aliphatic heterocycles. The predicted molar refractivity (Wildman–Crippen MR) is 114 cm³/mol. The number of benzene rings is 2. The van der Waals surface area contributed by atoms with Crippen LogP contribution < -0.4 is 11.0 Å². The third-order valence-corrected chi connectivity index (χ3v) is 7.06. The Balaban J connectivity index is 1.75. The zero-order chi connectivity index (χ0) is 20.7. The van der Waals surface area contributed by atoms with Crippen molar-refractivity contribution in [1.82, 2.24) is 16.1 Å². The fourth-order valence-corrected chi connectivity index (χ4v) is 4.98. The largest absolute Gasteiger partial charge is 0.396 e. The number of hydrogen-bond donors (Lipinski definition) is 3. The Morgan fingerprint density at radius 1 is 1.03 bits per heavy atom. The summed E-state index contributed by atoms with van der Waals surface area (Å²) in [5, 5.41) is 14.6. The zero-order valence-electron chi connectivity index (χ0n) is 16.0. The van der Waals surface area contributed by atoms with Crippen LogP contribution in [0.4, 0.5) is 0 Å². The molecule has 1 unspecified atom stereocenters. The van der Waals surface area contributed by atoms with Crippen molar-refractivity contribution in [3.63, 3.8) is 0 Å². The third kappa shape index (κ3) is 5.70. The van der Waals surface area contributed by atoms with Gasteiger partial charge >= 0.3 is 0 Å². The van der Waals surface area contributed by atoms with E-state index < -0.39 is 15.1 Å². The maximum absolute atomic E-state index is 13.3. The fourth-order valence-electron chi connectivity index (χ4n) is 3.13. The first kappa shape index (κ1) is 21.6. The first-order valence-electron chi connectivity index (χ1n) is 9.52. The van der Waals surface area contributed by atoms with Crippen LogP contribution in [-0.4, -0.2) is 36.3 Å². The van der Waals surface area contributed by atoms with E-state index in [-0.39, 0.29) is 11.5 Å². The molecule has 9 heteroatoms. The van der Waals surface area contributed by atoms with Gasteiger partial charge in [-0.2, -0.15) is 0 Å². The summed E-state index contributed by atoms with van der Waals surface area (Å²) in [5.41, 5.74) is 7.00. The standard InChI is InChI=1S/C20H25ClN4O3S/c21-17-10-12-18(13-11-17)29(27,28)19(9-5-2-6-14-26)20-22-24-25(23-20)15-16-7-3-1-4-8-16/h1,3-4,7-8,10-13,19,24,26H,2,5-6,9,14-15H2,(H,22,23). The average molecular weight is 437 g/mol. The van der Waals surface area contributed by atoms with E-state index in [0.29, 0.717) is 36.7 Å². The van der Waals surface area contributed by atoms with E-state index in [1.807, 2.05) is 30.3 Å². The number of aliphatic hydroxyl groups is 1. The molecule has 2 aromatic carbocycles. The summed E-state index contributed by atoms with van der Waals surface area (Å²) in [6, 6.07) is 16.0. The first-order valence-corrected chi connectivity index (χ1v) is 11.4. The Morgan fingerprint density at radius 2 is 1.76 bits per heavy atom. The highest BCUT2D eigenvalue weighted by molar-refractivity contribution is 7.92. The number of hydrazine groups is 2. The van der Waals surface area contributed by atoms with Crippen molar-refractivity contribution in [1.29, 1.82) is 0 Å². The molecule has 7 nitrogen and oxygen atoms in total. The second-order valence-electron chi connectivity index (χ2n) is 6.84. The SMILES string of the molecule is O=S(=O)(c1ccc(Cl)cc1)C(CCCCCO)C1=NNN(Cc2ccccc2)N1. The first-order chi connectivity index (χ1) is 14.0. The Hall–Kier alpha value is -2.13. The van der Waals surface area contributed by atoms with Gasteiger partial charge in [0.2, 0.25) is 0 Å². The van der Waals surface area contributed by atoms with Crippen LogP contribution >= 0.6 is 11.6 Å². The number of amidine groups is 1. The van der Waals surface area contributed by atoms with E-state index >= 15 is 0 Å². The molecule has 0 fully saturated rings. The van der Waals surface area contributed by atoms with Gasteiger partial charge in [-0.15, -0.1) is 10.2 Å². The molecule has 3 N–H and O–H groups in total. The minimum atomic E-state index is -3.67. The summed E-state index contributed by atoms with van der Waals surface area (Å²) in [6.07, 6.45) is 2.46. The summed E-state index contributed by atoms with van der Waals surface area (Å²) < 4.78 is 26.6. The third-order valence-electron chi connectivity index (χ3n) is 4.67. The van der Waals surface area contributed by atoms with Crippen LogP contribution in [0.3, 0.4) is 0 Å². The van der Waals surface area contributed by atoms with Gasteiger partial charge in [-0.3, -0.25) is 5.43 Å². The molecule has 156 valence electrons. The molecule has 0 radical (unpaired) electrons. The highest BCUT2D eigenvalue weighted by atomic mass is 35.5. The van der Waals surface area contributed by atoms with Crippen molar-refractivity contribution in [2.75, 3.05) is 6.61 Å². The number of hydrogen-bond acceptors (Lipinski definition) is 7. The van der Waals surface area contributed by atoms with Gasteiger partial charge in [-0.25, -0.2) is 14.0 Å². The normalized spacial score (nSPS) is 15.4. The van der Waals surface area contributed by atoms with Gasteiger partial charge in [0, 0.05) is 11.6 Å². The van der Waals surface area contributed by atoms with Crippen LogP contribution in [0.25, 0.3) is 0 Å². The number of unbranched alkanes of at least 4 members (excludes halogenated alkanes) is 2. The molecule has 0 saturated carbocycles. The van der Waals surface area contributed by atoms with Crippen molar-refractivity contribution in [2.24, 2.45) is 5.10 Å². The van der Waals surface area contributed by atoms with Crippen LogP contribution in [-0.2, 0) is 16.4 Å². The van der Waals surface area contributed by atoms with Gasteiger partial charge in [0.15, 0.2) is 15.7 Å². The fraction of sp³-hybridized carbons (Fsp3) is 0.350. The molecule has 2 aromatic rings. The number of rotatable bonds is 10. The highest BCUT2D eigenvalue weighted by Gasteiger charge is 2.35. The van der Waals surface area contributed by atoms with E-state index in [1.54, 1.807) is 17.3 Å². The molecule has 1 heterocycles. The Bertz CT molecular complexity index is 921. The molecule has 29 heavy (non-hydrogen) atoms. The Labute approximate surface area is 176 Å². The van der Waals surface area contributed by atoms with Gasteiger partial charge in [0.1, 0.15) is 5.25 Å². The van der Waals surface area contributed by atoms with E-state index in [4.69, 9.17) is 16.7 Å². The quantitative estimate of drug-likeness (QED) is 0.496. The van der Waals surface area contributed by atoms with E-state index in [9.17, 15) is 8.42 Å². The van der Waals surface area contributed by atoms with Crippen LogP contribution in [0.2, 0.25) is 5.02 Å². The summed E-state index contributed by atoms with van der Waals surface area (Å²) in [7, 11) is -3.67. The average Bonchev–Trinajstić information content (AvgIpc) is 3.16. The molecule has 0 aromatic heterocycles. The predicted octanol–water partition coefficient (Wildman–Crippen LogP) is 2.87. The molecular formula is C20H25ClN4O3S. The monoisotopic (exact) mass is 436 g/mol. The maximum atomic E-state index is 13.3. The highest BCUT2D eigenvalue weighted by Crippen LogP contribution is 2.24. The lowest BCUT2D eigenvalue weighted by molar-refractivity contribution is 0.169. The Morgan fingerprint density at radius 3 is 2.45 bits per heavy atom. The van der Waals surface area contributed by atoms with Gasteiger partial charge in [-0.1, -0.05) is 54.8 Å². The molecular weight excluding hydrogens is 412 g/mol. The summed E-state index contributed by atoms with van der Waals surface area (Å²) >= 11 is 5.91. The second kappa shape index (κ2) is 10.1. The summed E-state index contributed by atoms with van der Waals surface area (Å²) in [4.78, 5) is 0.208. The molecule has 1 atom stereocenters. The molecule has 0 bridgehead atoms. The lowest BCUT2D eigenvalue weighted by Gasteiger charge is -2.20. The number of nitrogens with zero attached hydrogens (tertiary/aromatic N) is 2. The molecule has 0 saturated heterocycles. The van der Waals surface area contributed by atoms with Gasteiger partial charge in [0.25, 0.3) is 0 Å². The van der Waals surface area contributed by atoms with Crippen molar-refractivity contribution in [3.05, 3.63) is 65.2 Å². The van der Waals surface area contributed by atoms with Gasteiger partial charge in [-0.05, 0) is 42.7 Å². The lowest BCUT2D eigenvalue weighted by Crippen LogP contribution is -2.45. The number of aliphatic hydroxyl groups excluding tert-OH is 1. The van der Waals surface area contributed by atoms with E-state index in [0.717, 1.165) is 12.0 Å². The van der Waals surface area contributed by atoms with Crippen molar-refractivity contribution < 1.29 is 13.5 Å². The van der Waals surface area contributed by atoms with Gasteiger partial charge in [0.05, 0.1) is 11.4 Å². The maximum Gasteiger partial charge on any atom is 0.188 e. The number of halogens is 1. The molecule has 0 aliphatic carbocycles. The second-order valence-corrected chi connectivity index (χ2v) is 9.41. The lowest BCUT2D eigenvalue weighted by atomic mass is 10.1. The minimum absolute atomic E-state index is 0.0974. The topological polar surface area (TPSA) is 94.0 Å². The Kier molecular flexibility index (Phi) is 7.49. The smallest absolute Gasteiger partial charge is 0.188 e.